The van der Waals surface area contributed by atoms with E-state index in [-0.39, 0.29) is 12.0 Å². The first-order chi connectivity index (χ1) is 16.2. The van der Waals surface area contributed by atoms with Gasteiger partial charge in [-0.05, 0) is 100 Å². The van der Waals surface area contributed by atoms with E-state index in [0.717, 1.165) is 23.5 Å². The third-order valence-electron chi connectivity index (χ3n) is 8.16. The van der Waals surface area contributed by atoms with Crippen LogP contribution in [0.2, 0.25) is 0 Å². The number of piperazine rings is 1. The van der Waals surface area contributed by atoms with E-state index in [1.54, 1.807) is 9.80 Å². The molecule has 2 amide bonds. The molecule has 0 N–H and O–H groups in total. The summed E-state index contributed by atoms with van der Waals surface area (Å²) in [7, 11) is 0. The molecule has 5 fully saturated rings. The molecule has 34 heavy (non-hydrogen) atoms. The summed E-state index contributed by atoms with van der Waals surface area (Å²) in [6, 6.07) is 8.58. The van der Waals surface area contributed by atoms with Crippen LogP contribution in [0.15, 0.2) is 36.6 Å². The lowest BCUT2D eigenvalue weighted by Crippen LogP contribution is -2.51. The van der Waals surface area contributed by atoms with Crippen molar-refractivity contribution in [3.05, 3.63) is 42.2 Å². The van der Waals surface area contributed by atoms with Gasteiger partial charge < -0.3 is 19.3 Å². The minimum absolute atomic E-state index is 0.103. The van der Waals surface area contributed by atoms with Gasteiger partial charge in [0, 0.05) is 32.3 Å². The summed E-state index contributed by atoms with van der Waals surface area (Å²) in [5.41, 5.74) is 1.35. The second-order valence-electron chi connectivity index (χ2n) is 11.9. The Kier molecular flexibility index (Phi) is 6.11. The molecule has 0 unspecified atom stereocenters. The van der Waals surface area contributed by atoms with Crippen molar-refractivity contribution in [3.63, 3.8) is 0 Å². The number of ether oxygens (including phenoxy) is 2. The van der Waals surface area contributed by atoms with E-state index in [1.165, 1.54) is 56.4 Å². The number of hydrogen-bond acceptors (Lipinski definition) is 4. The van der Waals surface area contributed by atoms with Crippen molar-refractivity contribution in [2.45, 2.75) is 70.3 Å². The van der Waals surface area contributed by atoms with Gasteiger partial charge in [-0.15, -0.1) is 0 Å². The highest BCUT2D eigenvalue weighted by atomic mass is 16.6. The Balaban J connectivity index is 1.11. The lowest BCUT2D eigenvalue weighted by molar-refractivity contribution is -0.127. The fourth-order valence-corrected chi connectivity index (χ4v) is 7.06. The predicted octanol–water partition coefficient (Wildman–Crippen LogP) is 5.13. The number of nitrogens with zero attached hydrogens (tertiary/aromatic N) is 2. The van der Waals surface area contributed by atoms with Gasteiger partial charge in [0.05, 0.1) is 6.26 Å². The summed E-state index contributed by atoms with van der Waals surface area (Å²) in [4.78, 5) is 28.1. The molecular formula is C28H38N2O4. The topological polar surface area (TPSA) is 59.1 Å². The Hall–Kier alpha value is -2.50. The molecule has 4 saturated carbocycles. The molecule has 0 radical (unpaired) electrons. The van der Waals surface area contributed by atoms with Crippen LogP contribution in [-0.2, 0) is 14.9 Å². The van der Waals surface area contributed by atoms with Crippen molar-refractivity contribution in [2.75, 3.05) is 26.2 Å². The van der Waals surface area contributed by atoms with E-state index >= 15 is 0 Å². The van der Waals surface area contributed by atoms with Crippen LogP contribution in [0.5, 0.6) is 5.75 Å². The molecule has 1 saturated heterocycles. The molecule has 184 valence electrons. The molecule has 0 spiro atoms. The van der Waals surface area contributed by atoms with Crippen molar-refractivity contribution >= 4 is 12.0 Å². The minimum Gasteiger partial charge on any atom is -0.465 e. The summed E-state index contributed by atoms with van der Waals surface area (Å²) in [6.45, 7) is 7.48. The van der Waals surface area contributed by atoms with Crippen molar-refractivity contribution in [1.29, 1.82) is 0 Å². The molecule has 5 aliphatic rings. The average Bonchev–Trinajstić information content (AvgIpc) is 2.77. The zero-order valence-corrected chi connectivity index (χ0v) is 20.8. The molecule has 6 rings (SSSR count). The number of benzene rings is 1. The maximum absolute atomic E-state index is 12.5. The second kappa shape index (κ2) is 8.94. The van der Waals surface area contributed by atoms with Crippen molar-refractivity contribution in [3.8, 4) is 5.75 Å². The van der Waals surface area contributed by atoms with Gasteiger partial charge in [0.25, 0.3) is 0 Å². The third kappa shape index (κ3) is 4.96. The summed E-state index contributed by atoms with van der Waals surface area (Å²) < 4.78 is 11.2. The van der Waals surface area contributed by atoms with Gasteiger partial charge >= 0.3 is 6.09 Å². The summed E-state index contributed by atoms with van der Waals surface area (Å²) in [5, 5.41) is 0. The molecule has 4 bridgehead atoms. The smallest absolute Gasteiger partial charge is 0.410 e. The quantitative estimate of drug-likeness (QED) is 0.456. The van der Waals surface area contributed by atoms with Crippen LogP contribution in [0.3, 0.4) is 0 Å². The summed E-state index contributed by atoms with van der Waals surface area (Å²) >= 11 is 0. The zero-order valence-electron chi connectivity index (χ0n) is 20.8. The van der Waals surface area contributed by atoms with Crippen LogP contribution in [0.4, 0.5) is 4.79 Å². The largest absolute Gasteiger partial charge is 0.465 e. The van der Waals surface area contributed by atoms with E-state index in [4.69, 9.17) is 9.47 Å². The van der Waals surface area contributed by atoms with Crippen LogP contribution in [-0.4, -0.2) is 53.6 Å². The minimum atomic E-state index is -0.516. The zero-order chi connectivity index (χ0) is 23.9. The van der Waals surface area contributed by atoms with E-state index < -0.39 is 5.60 Å². The lowest BCUT2D eigenvalue weighted by atomic mass is 9.48. The van der Waals surface area contributed by atoms with Gasteiger partial charge in [-0.2, -0.15) is 0 Å². The maximum Gasteiger partial charge on any atom is 0.410 e. The number of hydrogen-bond donors (Lipinski definition) is 0. The molecular weight excluding hydrogens is 428 g/mol. The summed E-state index contributed by atoms with van der Waals surface area (Å²) in [5.74, 6) is 3.45. The SMILES string of the molecule is CC(C)(C)OC(=O)N1CCN(C(=O)/C=C/Oc2ccc(C34CC5CC(CC(C5)C3)C4)cc2)CC1. The van der Waals surface area contributed by atoms with Crippen molar-refractivity contribution in [2.24, 2.45) is 17.8 Å². The fraction of sp³-hybridized carbons (Fsp3) is 0.643. The van der Waals surface area contributed by atoms with Gasteiger partial charge in [-0.25, -0.2) is 4.79 Å². The molecule has 4 aliphatic carbocycles. The third-order valence-corrected chi connectivity index (χ3v) is 8.16. The normalized spacial score (nSPS) is 30.6. The van der Waals surface area contributed by atoms with Crippen molar-refractivity contribution in [1.82, 2.24) is 9.80 Å². The highest BCUT2D eigenvalue weighted by molar-refractivity contribution is 5.87. The first-order valence-electron chi connectivity index (χ1n) is 12.9. The highest BCUT2D eigenvalue weighted by Gasteiger charge is 2.51. The number of amides is 2. The number of carbonyl (C=O) groups excluding carboxylic acids is 2. The van der Waals surface area contributed by atoms with Crippen LogP contribution >= 0.6 is 0 Å². The van der Waals surface area contributed by atoms with Crippen molar-refractivity contribution < 1.29 is 19.1 Å². The molecule has 0 atom stereocenters. The summed E-state index contributed by atoms with van der Waals surface area (Å²) in [6.07, 6.45) is 11.0. The Morgan fingerprint density at radius 1 is 0.882 bits per heavy atom. The van der Waals surface area contributed by atoms with Gasteiger partial charge in [-0.3, -0.25) is 4.79 Å². The molecule has 1 heterocycles. The first-order valence-corrected chi connectivity index (χ1v) is 12.9. The Morgan fingerprint density at radius 2 is 1.41 bits per heavy atom. The molecule has 6 nitrogen and oxygen atoms in total. The van der Waals surface area contributed by atoms with Crippen LogP contribution < -0.4 is 4.74 Å². The molecule has 1 aromatic carbocycles. The fourth-order valence-electron chi connectivity index (χ4n) is 7.06. The van der Waals surface area contributed by atoms with E-state index in [9.17, 15) is 9.59 Å². The van der Waals surface area contributed by atoms with Gasteiger partial charge in [-0.1, -0.05) is 12.1 Å². The monoisotopic (exact) mass is 466 g/mol. The van der Waals surface area contributed by atoms with Gasteiger partial charge in [0.15, 0.2) is 0 Å². The first kappa shape index (κ1) is 23.3. The lowest BCUT2D eigenvalue weighted by Gasteiger charge is -2.57. The van der Waals surface area contributed by atoms with Crippen LogP contribution in [0.25, 0.3) is 0 Å². The maximum atomic E-state index is 12.5. The van der Waals surface area contributed by atoms with E-state index in [1.807, 2.05) is 32.9 Å². The molecule has 6 heteroatoms. The molecule has 0 aromatic heterocycles. The highest BCUT2D eigenvalue weighted by Crippen LogP contribution is 2.60. The Morgan fingerprint density at radius 3 is 1.94 bits per heavy atom. The van der Waals surface area contributed by atoms with E-state index in [2.05, 4.69) is 12.1 Å². The van der Waals surface area contributed by atoms with Crippen LogP contribution in [0.1, 0.15) is 64.9 Å². The Bertz CT molecular complexity index is 903. The average molecular weight is 467 g/mol. The molecule has 1 aliphatic heterocycles. The standard InChI is InChI=1S/C28H38N2O4/c1-27(2,3)34-26(32)30-11-9-29(10-12-30)25(31)8-13-33-24-6-4-23(5-7-24)28-17-20-14-21(18-28)16-22(15-20)19-28/h4-8,13,20-22H,9-12,14-19H2,1-3H3/b13-8+. The molecule has 1 aromatic rings. The van der Waals surface area contributed by atoms with Gasteiger partial charge in [0.2, 0.25) is 5.91 Å². The number of carbonyl (C=O) groups is 2. The number of rotatable bonds is 4. The van der Waals surface area contributed by atoms with Gasteiger partial charge in [0.1, 0.15) is 11.4 Å². The second-order valence-corrected chi connectivity index (χ2v) is 11.9. The Labute approximate surface area is 203 Å². The van der Waals surface area contributed by atoms with E-state index in [0.29, 0.717) is 31.6 Å². The predicted molar refractivity (Wildman–Crippen MR) is 130 cm³/mol. The van der Waals surface area contributed by atoms with Crippen LogP contribution in [0, 0.1) is 17.8 Å².